The second-order valence-electron chi connectivity index (χ2n) is 7.68. The number of nitrogens with one attached hydrogen (secondary N) is 1. The van der Waals surface area contributed by atoms with Crippen molar-refractivity contribution < 1.29 is 9.90 Å². The van der Waals surface area contributed by atoms with Crippen molar-refractivity contribution in [2.24, 2.45) is 5.41 Å². The number of benzene rings is 1. The van der Waals surface area contributed by atoms with Crippen molar-refractivity contribution in [2.75, 3.05) is 6.61 Å². The molecule has 0 spiro atoms. The Bertz CT molecular complexity index is 504. The number of amides is 1. The summed E-state index contributed by atoms with van der Waals surface area (Å²) in [5.74, 6) is 0.396. The molecule has 1 aliphatic carbocycles. The zero-order chi connectivity index (χ0) is 16.2. The van der Waals surface area contributed by atoms with Gasteiger partial charge in [-0.2, -0.15) is 0 Å². The molecule has 0 radical (unpaired) electrons. The molecule has 3 nitrogen and oxygen atoms in total. The molecule has 2 rings (SSSR count). The maximum atomic E-state index is 12.3. The van der Waals surface area contributed by atoms with Gasteiger partial charge in [0.1, 0.15) is 0 Å². The highest BCUT2D eigenvalue weighted by atomic mass is 16.3. The zero-order valence-corrected chi connectivity index (χ0v) is 14.1. The maximum absolute atomic E-state index is 12.3. The van der Waals surface area contributed by atoms with Crippen LogP contribution in [0.1, 0.15) is 63.5 Å². The third-order valence-corrected chi connectivity index (χ3v) is 4.52. The number of fused-ring (bicyclic) bond motifs is 1. The average Bonchev–Trinajstić information content (AvgIpc) is 2.86. The lowest BCUT2D eigenvalue weighted by Crippen LogP contribution is -2.38. The van der Waals surface area contributed by atoms with Crippen LogP contribution in [0, 0.1) is 5.41 Å². The van der Waals surface area contributed by atoms with Gasteiger partial charge in [0.15, 0.2) is 0 Å². The summed E-state index contributed by atoms with van der Waals surface area (Å²) in [6, 6.07) is 8.30. The van der Waals surface area contributed by atoms with Gasteiger partial charge in [0, 0.05) is 6.42 Å². The predicted octanol–water partition coefficient (Wildman–Crippen LogP) is 3.41. The van der Waals surface area contributed by atoms with Crippen molar-refractivity contribution in [3.05, 3.63) is 35.4 Å². The molecule has 1 aliphatic rings. The van der Waals surface area contributed by atoms with Gasteiger partial charge in [0.05, 0.1) is 12.6 Å². The van der Waals surface area contributed by atoms with Gasteiger partial charge in [-0.25, -0.2) is 0 Å². The Labute approximate surface area is 134 Å². The van der Waals surface area contributed by atoms with Gasteiger partial charge >= 0.3 is 0 Å². The largest absolute Gasteiger partial charge is 0.394 e. The van der Waals surface area contributed by atoms with Crippen molar-refractivity contribution >= 4 is 5.91 Å². The number of aliphatic hydroxyl groups is 1. The molecule has 0 aliphatic heterocycles. The molecule has 0 aromatic heterocycles. The predicted molar refractivity (Wildman–Crippen MR) is 89.8 cm³/mol. The Kier molecular flexibility index (Phi) is 5.63. The van der Waals surface area contributed by atoms with Gasteiger partial charge in [-0.15, -0.1) is 0 Å². The van der Waals surface area contributed by atoms with Gasteiger partial charge in [-0.1, -0.05) is 45.0 Å². The summed E-state index contributed by atoms with van der Waals surface area (Å²) in [5.41, 5.74) is 2.93. The number of aryl methyl sites for hydroxylation is 1. The van der Waals surface area contributed by atoms with E-state index in [0.29, 0.717) is 12.3 Å². The molecule has 1 aromatic rings. The van der Waals surface area contributed by atoms with E-state index in [1.165, 1.54) is 11.1 Å². The molecule has 122 valence electrons. The number of carbonyl (C=O) groups excluding carboxylic acids is 1. The number of hydrogen-bond donors (Lipinski definition) is 2. The second kappa shape index (κ2) is 7.28. The number of hydrogen-bond acceptors (Lipinski definition) is 2. The van der Waals surface area contributed by atoms with E-state index in [1.807, 2.05) is 0 Å². The first-order valence-electron chi connectivity index (χ1n) is 8.37. The first-order valence-corrected chi connectivity index (χ1v) is 8.37. The van der Waals surface area contributed by atoms with E-state index in [1.54, 1.807) is 0 Å². The van der Waals surface area contributed by atoms with Crippen LogP contribution in [0.3, 0.4) is 0 Å². The van der Waals surface area contributed by atoms with Gasteiger partial charge < -0.3 is 10.4 Å². The van der Waals surface area contributed by atoms with E-state index in [-0.39, 0.29) is 24.0 Å². The van der Waals surface area contributed by atoms with Crippen LogP contribution in [0.2, 0.25) is 0 Å². The molecule has 1 aromatic carbocycles. The Hall–Kier alpha value is -1.35. The second-order valence-corrected chi connectivity index (χ2v) is 7.68. The van der Waals surface area contributed by atoms with Crippen LogP contribution in [-0.4, -0.2) is 23.7 Å². The van der Waals surface area contributed by atoms with E-state index in [2.05, 4.69) is 50.4 Å². The van der Waals surface area contributed by atoms with E-state index in [0.717, 1.165) is 25.7 Å². The smallest absolute Gasteiger partial charge is 0.220 e. The molecule has 2 atom stereocenters. The molecular weight excluding hydrogens is 274 g/mol. The first kappa shape index (κ1) is 17.0. The molecule has 2 N–H and O–H groups in total. The molecular formula is C19H29NO2. The topological polar surface area (TPSA) is 49.3 Å². The molecule has 0 saturated heterocycles. The quantitative estimate of drug-likeness (QED) is 0.846. The van der Waals surface area contributed by atoms with Crippen LogP contribution in [0.4, 0.5) is 0 Å². The van der Waals surface area contributed by atoms with Crippen LogP contribution in [0.5, 0.6) is 0 Å². The van der Waals surface area contributed by atoms with Gasteiger partial charge in [-0.05, 0) is 48.1 Å². The highest BCUT2D eigenvalue weighted by Crippen LogP contribution is 2.35. The van der Waals surface area contributed by atoms with E-state index >= 15 is 0 Å². The minimum atomic E-state index is -0.122. The summed E-state index contributed by atoms with van der Waals surface area (Å²) >= 11 is 0. The average molecular weight is 303 g/mol. The van der Waals surface area contributed by atoms with Gasteiger partial charge in [-0.3, -0.25) is 4.79 Å². The van der Waals surface area contributed by atoms with Crippen molar-refractivity contribution in [3.8, 4) is 0 Å². The van der Waals surface area contributed by atoms with Gasteiger partial charge in [0.2, 0.25) is 5.91 Å². The normalized spacial score (nSPS) is 18.8. The molecule has 0 saturated carbocycles. The summed E-state index contributed by atoms with van der Waals surface area (Å²) in [6.45, 7) is 6.55. The monoisotopic (exact) mass is 303 g/mol. The van der Waals surface area contributed by atoms with E-state index < -0.39 is 0 Å². The Morgan fingerprint density at radius 1 is 1.36 bits per heavy atom. The Balaban J connectivity index is 1.85. The van der Waals surface area contributed by atoms with Crippen molar-refractivity contribution in [1.82, 2.24) is 5.32 Å². The molecule has 1 amide bonds. The fraction of sp³-hybridized carbons (Fsp3) is 0.632. The standard InChI is InChI=1S/C19H29NO2/c1-19(2,3)11-10-16(13-21)20-18(22)12-15-9-8-14-6-4-5-7-17(14)15/h4-7,15-16,21H,8-13H2,1-3H3,(H,20,22). The van der Waals surface area contributed by atoms with Crippen LogP contribution in [0.15, 0.2) is 24.3 Å². The highest BCUT2D eigenvalue weighted by Gasteiger charge is 2.25. The SMILES string of the molecule is CC(C)(C)CCC(CO)NC(=O)CC1CCc2ccccc21. The summed E-state index contributed by atoms with van der Waals surface area (Å²) in [6.07, 6.45) is 4.47. The number of aliphatic hydroxyl groups excluding tert-OH is 1. The lowest BCUT2D eigenvalue weighted by atomic mass is 9.88. The molecule has 0 heterocycles. The van der Waals surface area contributed by atoms with Crippen LogP contribution >= 0.6 is 0 Å². The van der Waals surface area contributed by atoms with Crippen molar-refractivity contribution in [3.63, 3.8) is 0 Å². The third-order valence-electron chi connectivity index (χ3n) is 4.52. The lowest BCUT2D eigenvalue weighted by molar-refractivity contribution is -0.122. The minimum absolute atomic E-state index is 0.0169. The van der Waals surface area contributed by atoms with Crippen LogP contribution < -0.4 is 5.32 Å². The highest BCUT2D eigenvalue weighted by molar-refractivity contribution is 5.77. The fourth-order valence-electron chi connectivity index (χ4n) is 3.18. The minimum Gasteiger partial charge on any atom is -0.394 e. The zero-order valence-electron chi connectivity index (χ0n) is 14.1. The van der Waals surface area contributed by atoms with Crippen LogP contribution in [0.25, 0.3) is 0 Å². The summed E-state index contributed by atoms with van der Waals surface area (Å²) < 4.78 is 0. The Morgan fingerprint density at radius 3 is 2.77 bits per heavy atom. The van der Waals surface area contributed by atoms with E-state index in [9.17, 15) is 9.90 Å². The first-order chi connectivity index (χ1) is 10.4. The number of rotatable bonds is 6. The van der Waals surface area contributed by atoms with Crippen molar-refractivity contribution in [2.45, 2.75) is 64.8 Å². The summed E-state index contributed by atoms with van der Waals surface area (Å²) in [7, 11) is 0. The van der Waals surface area contributed by atoms with E-state index in [4.69, 9.17) is 0 Å². The van der Waals surface area contributed by atoms with Crippen LogP contribution in [-0.2, 0) is 11.2 Å². The number of carbonyl (C=O) groups is 1. The molecule has 22 heavy (non-hydrogen) atoms. The Morgan fingerprint density at radius 2 is 2.09 bits per heavy atom. The molecule has 0 bridgehead atoms. The third kappa shape index (κ3) is 4.84. The summed E-state index contributed by atoms with van der Waals surface area (Å²) in [4.78, 5) is 12.3. The van der Waals surface area contributed by atoms with Crippen molar-refractivity contribution in [1.29, 1.82) is 0 Å². The molecule has 0 fully saturated rings. The molecule has 3 heteroatoms. The lowest BCUT2D eigenvalue weighted by Gasteiger charge is -2.23. The van der Waals surface area contributed by atoms with Gasteiger partial charge in [0.25, 0.3) is 0 Å². The maximum Gasteiger partial charge on any atom is 0.220 e. The molecule has 2 unspecified atom stereocenters. The fourth-order valence-corrected chi connectivity index (χ4v) is 3.18. The summed E-state index contributed by atoms with van der Waals surface area (Å²) in [5, 5.41) is 12.5.